The summed E-state index contributed by atoms with van der Waals surface area (Å²) in [6.07, 6.45) is 2.13. The second-order valence-corrected chi connectivity index (χ2v) is 13.7. The van der Waals surface area contributed by atoms with Crippen molar-refractivity contribution in [2.45, 2.75) is 25.4 Å². The van der Waals surface area contributed by atoms with Gasteiger partial charge in [-0.15, -0.1) is 0 Å². The van der Waals surface area contributed by atoms with Gasteiger partial charge >= 0.3 is 11.9 Å². The average molecular weight is 713 g/mol. The SMILES string of the molecule is O=C(O)c1ccc(N2C(=O)[C@H]3[C@H](CC=C4[C@H]3C[C@H]3C(=O)N(c5ccc(C(=O)O)cc5)C(=O)[C@H]3[C@H]4c3ccc(OCc4ccccc4)cc3O)C2=O)cc1. The number of hydrogen-bond acceptors (Lipinski definition) is 8. The van der Waals surface area contributed by atoms with Crippen molar-refractivity contribution in [3.8, 4) is 11.5 Å². The number of hydrogen-bond donors (Lipinski definition) is 3. The van der Waals surface area contributed by atoms with E-state index >= 15 is 0 Å². The first kappa shape index (κ1) is 33.6. The van der Waals surface area contributed by atoms with E-state index in [1.165, 1.54) is 54.6 Å². The van der Waals surface area contributed by atoms with Crippen LogP contribution in [-0.4, -0.2) is 50.9 Å². The molecule has 2 saturated heterocycles. The third-order valence-corrected chi connectivity index (χ3v) is 11.0. The number of aromatic hydroxyl groups is 1. The van der Waals surface area contributed by atoms with Gasteiger partial charge in [0.2, 0.25) is 23.6 Å². The van der Waals surface area contributed by atoms with Gasteiger partial charge in [0.25, 0.3) is 0 Å². The Labute approximate surface area is 302 Å². The fourth-order valence-corrected chi connectivity index (χ4v) is 8.57. The molecule has 12 heteroatoms. The zero-order valence-corrected chi connectivity index (χ0v) is 28.0. The van der Waals surface area contributed by atoms with E-state index in [1.807, 2.05) is 36.4 Å². The highest BCUT2D eigenvalue weighted by Gasteiger charge is 2.62. The van der Waals surface area contributed by atoms with Crippen LogP contribution in [0.4, 0.5) is 11.4 Å². The summed E-state index contributed by atoms with van der Waals surface area (Å²) in [6, 6.07) is 25.2. The maximum absolute atomic E-state index is 14.4. The molecule has 2 heterocycles. The second kappa shape index (κ2) is 12.9. The topological polar surface area (TPSA) is 179 Å². The normalized spacial score (nSPS) is 24.7. The quantitative estimate of drug-likeness (QED) is 0.158. The Kier molecular flexibility index (Phi) is 8.17. The molecular formula is C41H32N2O10. The molecule has 3 fully saturated rings. The van der Waals surface area contributed by atoms with E-state index in [4.69, 9.17) is 4.74 Å². The Morgan fingerprint density at radius 2 is 1.23 bits per heavy atom. The highest BCUT2D eigenvalue weighted by atomic mass is 16.5. The van der Waals surface area contributed by atoms with Crippen LogP contribution in [0, 0.1) is 29.6 Å². The molecule has 12 nitrogen and oxygen atoms in total. The van der Waals surface area contributed by atoms with Crippen molar-refractivity contribution in [3.05, 3.63) is 131 Å². The van der Waals surface area contributed by atoms with Crippen molar-refractivity contribution in [1.29, 1.82) is 0 Å². The Bertz CT molecular complexity index is 2230. The van der Waals surface area contributed by atoms with Gasteiger partial charge in [-0.1, -0.05) is 48.0 Å². The van der Waals surface area contributed by atoms with Crippen LogP contribution in [0.3, 0.4) is 0 Å². The fourth-order valence-electron chi connectivity index (χ4n) is 8.57. The highest BCUT2D eigenvalue weighted by molar-refractivity contribution is 6.24. The molecule has 0 radical (unpaired) electrons. The number of carbonyl (C=O) groups excluding carboxylic acids is 4. The number of aromatic carboxylic acids is 2. The van der Waals surface area contributed by atoms with E-state index in [0.717, 1.165) is 15.4 Å². The zero-order chi connectivity index (χ0) is 37.1. The third-order valence-electron chi connectivity index (χ3n) is 11.0. The van der Waals surface area contributed by atoms with Gasteiger partial charge < -0.3 is 20.1 Å². The number of carboxylic acid groups (broad SMARTS) is 2. The van der Waals surface area contributed by atoms with Crippen molar-refractivity contribution < 1.29 is 48.8 Å². The van der Waals surface area contributed by atoms with Crippen molar-refractivity contribution >= 4 is 46.9 Å². The van der Waals surface area contributed by atoms with Crippen LogP contribution in [0.1, 0.15) is 50.6 Å². The largest absolute Gasteiger partial charge is 0.508 e. The van der Waals surface area contributed by atoms with E-state index < -0.39 is 71.1 Å². The third kappa shape index (κ3) is 5.54. The van der Waals surface area contributed by atoms with Crippen LogP contribution in [-0.2, 0) is 25.8 Å². The van der Waals surface area contributed by atoms with Gasteiger partial charge in [0.05, 0.1) is 46.2 Å². The molecule has 0 unspecified atom stereocenters. The summed E-state index contributed by atoms with van der Waals surface area (Å²) in [4.78, 5) is 81.9. The standard InChI is InChI=1S/C41H32N2O10/c44-32-18-26(53-20-21-4-2-1-3-5-21)14-15-28(32)33-27-16-17-29-34(38(47)42(36(29)45)24-10-6-22(7-11-24)40(49)50)30(27)19-31-35(33)39(48)43(37(31)46)25-12-8-23(9-13-25)41(51)52/h1-16,18,29-31,33-35,44H,17,19-20H2,(H,49,50)(H,51,52)/t29-,30+,31+,33+,34-,35+/m0/s1. The van der Waals surface area contributed by atoms with Crippen molar-refractivity contribution in [3.63, 3.8) is 0 Å². The van der Waals surface area contributed by atoms with Gasteiger partial charge in [0, 0.05) is 17.5 Å². The number of nitrogens with zero attached hydrogens (tertiary/aromatic N) is 2. The minimum Gasteiger partial charge on any atom is -0.508 e. The molecule has 2 aliphatic heterocycles. The summed E-state index contributed by atoms with van der Waals surface area (Å²) >= 11 is 0. The molecule has 6 atom stereocenters. The predicted molar refractivity (Wildman–Crippen MR) is 188 cm³/mol. The number of phenols is 1. The number of allylic oxidation sites excluding steroid dienone is 2. The number of ether oxygens (including phenoxy) is 1. The van der Waals surface area contributed by atoms with Crippen molar-refractivity contribution in [2.75, 3.05) is 9.80 Å². The number of benzene rings is 4. The van der Waals surface area contributed by atoms with Gasteiger partial charge in [0.15, 0.2) is 0 Å². The zero-order valence-electron chi connectivity index (χ0n) is 28.0. The lowest BCUT2D eigenvalue weighted by atomic mass is 9.57. The van der Waals surface area contributed by atoms with Gasteiger partial charge in [-0.2, -0.15) is 0 Å². The molecule has 266 valence electrons. The fraction of sp³-hybridized carbons (Fsp3) is 0.220. The van der Waals surface area contributed by atoms with Crippen LogP contribution in [0.5, 0.6) is 11.5 Å². The number of phenolic OH excluding ortho intramolecular Hbond substituents is 1. The van der Waals surface area contributed by atoms with Crippen LogP contribution in [0.15, 0.2) is 109 Å². The maximum atomic E-state index is 14.4. The number of rotatable bonds is 8. The summed E-state index contributed by atoms with van der Waals surface area (Å²) < 4.78 is 5.94. The Hall–Kier alpha value is -6.56. The summed E-state index contributed by atoms with van der Waals surface area (Å²) in [5, 5.41) is 30.3. The molecule has 0 aromatic heterocycles. The molecule has 4 aliphatic rings. The smallest absolute Gasteiger partial charge is 0.335 e. The molecule has 0 spiro atoms. The summed E-state index contributed by atoms with van der Waals surface area (Å²) in [5.74, 6) is -9.04. The van der Waals surface area contributed by atoms with Gasteiger partial charge in [-0.25, -0.2) is 9.59 Å². The second-order valence-electron chi connectivity index (χ2n) is 13.7. The van der Waals surface area contributed by atoms with Crippen LogP contribution in [0.2, 0.25) is 0 Å². The lowest BCUT2D eigenvalue weighted by molar-refractivity contribution is -0.126. The van der Waals surface area contributed by atoms with Crippen LogP contribution < -0.4 is 14.5 Å². The Balaban J connectivity index is 1.18. The first-order valence-corrected chi connectivity index (χ1v) is 17.2. The maximum Gasteiger partial charge on any atom is 0.335 e. The number of carboxylic acids is 2. The lowest BCUT2D eigenvalue weighted by Crippen LogP contribution is -2.43. The van der Waals surface area contributed by atoms with E-state index in [-0.39, 0.29) is 47.7 Å². The summed E-state index contributed by atoms with van der Waals surface area (Å²) in [7, 11) is 0. The first-order valence-electron chi connectivity index (χ1n) is 17.2. The number of fused-ring (bicyclic) bond motifs is 4. The number of imide groups is 2. The molecule has 8 rings (SSSR count). The van der Waals surface area contributed by atoms with Gasteiger partial charge in [-0.05, 0) is 78.9 Å². The average Bonchev–Trinajstić information content (AvgIpc) is 3.57. The van der Waals surface area contributed by atoms with Crippen molar-refractivity contribution in [2.24, 2.45) is 29.6 Å². The van der Waals surface area contributed by atoms with Crippen LogP contribution >= 0.6 is 0 Å². The molecular weight excluding hydrogens is 680 g/mol. The van der Waals surface area contributed by atoms with Gasteiger partial charge in [-0.3, -0.25) is 29.0 Å². The molecule has 53 heavy (non-hydrogen) atoms. The number of amides is 4. The Morgan fingerprint density at radius 3 is 1.79 bits per heavy atom. The summed E-state index contributed by atoms with van der Waals surface area (Å²) in [6.45, 7) is 0.248. The highest BCUT2D eigenvalue weighted by Crippen LogP contribution is 2.59. The molecule has 4 aromatic rings. The monoisotopic (exact) mass is 712 g/mol. The molecule has 3 N–H and O–H groups in total. The number of anilines is 2. The minimum absolute atomic E-state index is 0.00163. The summed E-state index contributed by atoms with van der Waals surface area (Å²) in [5.41, 5.74) is 2.38. The number of carbonyl (C=O) groups is 6. The Morgan fingerprint density at radius 1 is 0.660 bits per heavy atom. The molecule has 0 bridgehead atoms. The first-order chi connectivity index (χ1) is 25.5. The minimum atomic E-state index is -1.16. The van der Waals surface area contributed by atoms with Crippen molar-refractivity contribution in [1.82, 2.24) is 0 Å². The van der Waals surface area contributed by atoms with Gasteiger partial charge in [0.1, 0.15) is 18.1 Å². The molecule has 1 saturated carbocycles. The van der Waals surface area contributed by atoms with E-state index in [2.05, 4.69) is 0 Å². The molecule has 4 aromatic carbocycles. The predicted octanol–water partition coefficient (Wildman–Crippen LogP) is 5.41. The van der Waals surface area contributed by atoms with E-state index in [0.29, 0.717) is 16.9 Å². The van der Waals surface area contributed by atoms with Crippen LogP contribution in [0.25, 0.3) is 0 Å². The van der Waals surface area contributed by atoms with E-state index in [9.17, 15) is 44.1 Å². The van der Waals surface area contributed by atoms with E-state index in [1.54, 1.807) is 12.1 Å². The lowest BCUT2D eigenvalue weighted by Gasteiger charge is -2.44. The molecule has 4 amide bonds. The molecule has 2 aliphatic carbocycles.